The van der Waals surface area contributed by atoms with Crippen LogP contribution in [0.2, 0.25) is 0 Å². The lowest BCUT2D eigenvalue weighted by molar-refractivity contribution is 0.746. The zero-order chi connectivity index (χ0) is 12.8. The lowest BCUT2D eigenvalue weighted by Gasteiger charge is -2.10. The number of thioether (sulfide) groups is 1. The van der Waals surface area contributed by atoms with Crippen LogP contribution >= 0.6 is 11.8 Å². The third-order valence-corrected chi connectivity index (χ3v) is 3.87. The Labute approximate surface area is 108 Å². The maximum absolute atomic E-state index is 9.28. The molecule has 1 aromatic heterocycles. The molecule has 1 aromatic rings. The summed E-state index contributed by atoms with van der Waals surface area (Å²) in [6.07, 6.45) is 1.68. The molecule has 17 heavy (non-hydrogen) atoms. The predicted octanol–water partition coefficient (Wildman–Crippen LogP) is 3.22. The summed E-state index contributed by atoms with van der Waals surface area (Å²) < 4.78 is 0. The van der Waals surface area contributed by atoms with Crippen molar-refractivity contribution in [2.24, 2.45) is 5.92 Å². The summed E-state index contributed by atoms with van der Waals surface area (Å²) in [4.78, 5) is 0. The molecule has 0 saturated heterocycles. The van der Waals surface area contributed by atoms with Crippen molar-refractivity contribution in [2.45, 2.75) is 45.6 Å². The van der Waals surface area contributed by atoms with Gasteiger partial charge in [-0.3, -0.25) is 0 Å². The van der Waals surface area contributed by atoms with Crippen LogP contribution in [0, 0.1) is 17.2 Å². The highest BCUT2D eigenvalue weighted by atomic mass is 32.2. The normalized spacial score (nSPS) is 10.6. The minimum atomic E-state index is 0.587. The van der Waals surface area contributed by atoms with Gasteiger partial charge in [0.15, 0.2) is 0 Å². The van der Waals surface area contributed by atoms with E-state index in [1.54, 1.807) is 11.8 Å². The third kappa shape index (κ3) is 3.44. The SMILES string of the molecule is CCc1nnc(SCC(C)C)c(C#N)c1CC. The quantitative estimate of drug-likeness (QED) is 0.752. The fraction of sp³-hybridized carbons (Fsp3) is 0.615. The first-order valence-corrected chi connectivity index (χ1v) is 7.03. The molecule has 0 unspecified atom stereocenters. The van der Waals surface area contributed by atoms with Crippen LogP contribution in [0.1, 0.15) is 44.5 Å². The Hall–Kier alpha value is -1.08. The van der Waals surface area contributed by atoms with Crippen LogP contribution in [0.15, 0.2) is 5.03 Å². The highest BCUT2D eigenvalue weighted by molar-refractivity contribution is 7.99. The number of aromatic nitrogens is 2. The second kappa shape index (κ2) is 6.61. The van der Waals surface area contributed by atoms with E-state index in [9.17, 15) is 5.26 Å². The van der Waals surface area contributed by atoms with Gasteiger partial charge < -0.3 is 0 Å². The van der Waals surface area contributed by atoms with Crippen molar-refractivity contribution in [1.29, 1.82) is 5.26 Å². The zero-order valence-corrected chi connectivity index (χ0v) is 11.8. The Balaban J connectivity index is 3.11. The lowest BCUT2D eigenvalue weighted by atomic mass is 10.1. The van der Waals surface area contributed by atoms with Crippen LogP contribution in [-0.4, -0.2) is 16.0 Å². The molecule has 0 N–H and O–H groups in total. The van der Waals surface area contributed by atoms with Crippen molar-refractivity contribution in [2.75, 3.05) is 5.75 Å². The van der Waals surface area contributed by atoms with Gasteiger partial charge in [0.1, 0.15) is 11.1 Å². The molecule has 0 fully saturated rings. The van der Waals surface area contributed by atoms with Gasteiger partial charge in [-0.25, -0.2) is 0 Å². The van der Waals surface area contributed by atoms with Crippen molar-refractivity contribution >= 4 is 11.8 Å². The Morgan fingerprint density at radius 3 is 2.41 bits per heavy atom. The van der Waals surface area contributed by atoms with Crippen molar-refractivity contribution < 1.29 is 0 Å². The molecule has 0 aliphatic carbocycles. The summed E-state index contributed by atoms with van der Waals surface area (Å²) in [5, 5.41) is 18.5. The molecule has 0 radical (unpaired) electrons. The number of hydrogen-bond acceptors (Lipinski definition) is 4. The Morgan fingerprint density at radius 1 is 1.24 bits per heavy atom. The molecular weight excluding hydrogens is 230 g/mol. The molecule has 0 atom stereocenters. The van der Waals surface area contributed by atoms with E-state index >= 15 is 0 Å². The first-order valence-electron chi connectivity index (χ1n) is 6.05. The van der Waals surface area contributed by atoms with Gasteiger partial charge in [0.2, 0.25) is 0 Å². The summed E-state index contributed by atoms with van der Waals surface area (Å²) in [7, 11) is 0. The van der Waals surface area contributed by atoms with Gasteiger partial charge in [-0.05, 0) is 24.3 Å². The van der Waals surface area contributed by atoms with Crippen LogP contribution in [0.5, 0.6) is 0 Å². The summed E-state index contributed by atoms with van der Waals surface area (Å²) in [5.74, 6) is 1.56. The molecule has 0 saturated carbocycles. The Morgan fingerprint density at radius 2 is 1.94 bits per heavy atom. The Bertz CT molecular complexity index is 421. The van der Waals surface area contributed by atoms with E-state index in [-0.39, 0.29) is 0 Å². The third-order valence-electron chi connectivity index (χ3n) is 2.48. The fourth-order valence-corrected chi connectivity index (χ4v) is 2.52. The second-order valence-corrected chi connectivity index (χ2v) is 5.34. The number of aryl methyl sites for hydroxylation is 1. The van der Waals surface area contributed by atoms with Crippen LogP contribution in [0.4, 0.5) is 0 Å². The van der Waals surface area contributed by atoms with E-state index in [2.05, 4.69) is 37.0 Å². The van der Waals surface area contributed by atoms with Crippen molar-refractivity contribution in [3.05, 3.63) is 16.8 Å². The summed E-state index contributed by atoms with van der Waals surface area (Å²) in [6.45, 7) is 8.43. The molecule has 1 rings (SSSR count). The molecule has 0 spiro atoms. The van der Waals surface area contributed by atoms with E-state index in [0.29, 0.717) is 5.92 Å². The first kappa shape index (κ1) is 14.0. The van der Waals surface area contributed by atoms with E-state index in [1.165, 1.54) is 0 Å². The minimum absolute atomic E-state index is 0.587. The highest BCUT2D eigenvalue weighted by Crippen LogP contribution is 2.25. The first-order chi connectivity index (χ1) is 8.13. The standard InChI is InChI=1S/C13H19N3S/c1-5-10-11(7-14)13(17-8-9(3)4)16-15-12(10)6-2/h9H,5-6,8H2,1-4H3. The summed E-state index contributed by atoms with van der Waals surface area (Å²) >= 11 is 1.63. The molecule has 0 amide bonds. The van der Waals surface area contributed by atoms with Crippen LogP contribution < -0.4 is 0 Å². The topological polar surface area (TPSA) is 49.6 Å². The minimum Gasteiger partial charge on any atom is -0.192 e. The van der Waals surface area contributed by atoms with Crippen LogP contribution in [0.25, 0.3) is 0 Å². The molecule has 0 aliphatic heterocycles. The van der Waals surface area contributed by atoms with Gasteiger partial charge in [-0.2, -0.15) is 10.4 Å². The monoisotopic (exact) mass is 249 g/mol. The predicted molar refractivity (Wildman–Crippen MR) is 71.1 cm³/mol. The molecule has 92 valence electrons. The maximum Gasteiger partial charge on any atom is 0.137 e. The van der Waals surface area contributed by atoms with Gasteiger partial charge in [0.25, 0.3) is 0 Å². The number of nitrogens with zero attached hydrogens (tertiary/aromatic N) is 3. The summed E-state index contributed by atoms with van der Waals surface area (Å²) in [5.41, 5.74) is 2.75. The van der Waals surface area contributed by atoms with Crippen LogP contribution in [0.3, 0.4) is 0 Å². The van der Waals surface area contributed by atoms with Gasteiger partial charge in [-0.1, -0.05) is 27.7 Å². The van der Waals surface area contributed by atoms with Gasteiger partial charge in [-0.15, -0.1) is 16.9 Å². The average Bonchev–Trinajstić information content (AvgIpc) is 2.34. The van der Waals surface area contributed by atoms with E-state index in [0.717, 1.165) is 40.4 Å². The van der Waals surface area contributed by atoms with Gasteiger partial charge in [0, 0.05) is 5.75 Å². The van der Waals surface area contributed by atoms with Crippen molar-refractivity contribution in [1.82, 2.24) is 10.2 Å². The smallest absolute Gasteiger partial charge is 0.137 e. The van der Waals surface area contributed by atoms with Crippen molar-refractivity contribution in [3.8, 4) is 6.07 Å². The van der Waals surface area contributed by atoms with E-state index in [4.69, 9.17) is 0 Å². The summed E-state index contributed by atoms with van der Waals surface area (Å²) in [6, 6.07) is 2.29. The molecule has 4 heteroatoms. The average molecular weight is 249 g/mol. The molecule has 1 heterocycles. The fourth-order valence-electron chi connectivity index (χ4n) is 1.62. The van der Waals surface area contributed by atoms with Crippen LogP contribution in [-0.2, 0) is 12.8 Å². The van der Waals surface area contributed by atoms with E-state index in [1.807, 2.05) is 6.92 Å². The maximum atomic E-state index is 9.28. The molecule has 0 aliphatic rings. The van der Waals surface area contributed by atoms with Crippen molar-refractivity contribution in [3.63, 3.8) is 0 Å². The molecule has 0 aromatic carbocycles. The Kier molecular flexibility index (Phi) is 5.43. The number of nitriles is 1. The lowest BCUT2D eigenvalue weighted by Crippen LogP contribution is -2.05. The second-order valence-electron chi connectivity index (χ2n) is 4.33. The van der Waals surface area contributed by atoms with Gasteiger partial charge in [0.05, 0.1) is 11.3 Å². The van der Waals surface area contributed by atoms with E-state index < -0.39 is 0 Å². The molecule has 0 bridgehead atoms. The molecule has 3 nitrogen and oxygen atoms in total. The zero-order valence-electron chi connectivity index (χ0n) is 10.9. The largest absolute Gasteiger partial charge is 0.192 e. The highest BCUT2D eigenvalue weighted by Gasteiger charge is 2.14. The van der Waals surface area contributed by atoms with Gasteiger partial charge >= 0.3 is 0 Å². The number of hydrogen-bond donors (Lipinski definition) is 0. The molecular formula is C13H19N3S. The number of rotatable bonds is 5.